The first-order valence-corrected chi connectivity index (χ1v) is 4.53. The molecule has 0 heterocycles. The molecule has 0 fully saturated rings. The van der Waals surface area contributed by atoms with Gasteiger partial charge in [0, 0.05) is 0 Å². The lowest BCUT2D eigenvalue weighted by molar-refractivity contribution is -0.138. The van der Waals surface area contributed by atoms with Crippen molar-refractivity contribution in [2.24, 2.45) is 5.73 Å². The van der Waals surface area contributed by atoms with E-state index in [4.69, 9.17) is 10.8 Å². The van der Waals surface area contributed by atoms with Crippen LogP contribution in [0, 0.1) is 5.82 Å². The second-order valence-corrected chi connectivity index (χ2v) is 3.50. The summed E-state index contributed by atoms with van der Waals surface area (Å²) in [4.78, 5) is 0. The molecule has 16 heavy (non-hydrogen) atoms. The molecular formula is C10H11F4NO. The first kappa shape index (κ1) is 12.9. The number of rotatable bonds is 2. The number of halogens is 4. The maximum atomic E-state index is 12.9. The fourth-order valence-corrected chi connectivity index (χ4v) is 1.33. The Kier molecular flexibility index (Phi) is 3.54. The average Bonchev–Trinajstić information content (AvgIpc) is 2.14. The summed E-state index contributed by atoms with van der Waals surface area (Å²) in [7, 11) is 0. The summed E-state index contributed by atoms with van der Waals surface area (Å²) in [5.74, 6) is -0.820. The zero-order valence-electron chi connectivity index (χ0n) is 8.42. The Hall–Kier alpha value is -1.14. The minimum Gasteiger partial charge on any atom is -0.391 e. The monoisotopic (exact) mass is 237 g/mol. The SMILES string of the molecule is C[C@@H](O)[C@@H](N)c1cc(F)ccc1C(F)(F)F. The molecule has 0 amide bonds. The van der Waals surface area contributed by atoms with Gasteiger partial charge in [0.25, 0.3) is 0 Å². The average molecular weight is 237 g/mol. The number of hydrogen-bond donors (Lipinski definition) is 2. The summed E-state index contributed by atoms with van der Waals surface area (Å²) in [6.45, 7) is 1.25. The van der Waals surface area contributed by atoms with E-state index in [-0.39, 0.29) is 0 Å². The quantitative estimate of drug-likeness (QED) is 0.775. The highest BCUT2D eigenvalue weighted by Crippen LogP contribution is 2.35. The van der Waals surface area contributed by atoms with Crippen LogP contribution in [0.3, 0.4) is 0 Å². The van der Waals surface area contributed by atoms with Crippen molar-refractivity contribution >= 4 is 0 Å². The van der Waals surface area contributed by atoms with Crippen molar-refractivity contribution in [1.29, 1.82) is 0 Å². The first-order chi connectivity index (χ1) is 7.23. The minimum absolute atomic E-state index is 0.442. The maximum Gasteiger partial charge on any atom is 0.416 e. The van der Waals surface area contributed by atoms with E-state index >= 15 is 0 Å². The number of alkyl halides is 3. The number of hydrogen-bond acceptors (Lipinski definition) is 2. The topological polar surface area (TPSA) is 46.2 Å². The molecule has 0 aliphatic rings. The highest BCUT2D eigenvalue weighted by molar-refractivity contribution is 5.33. The van der Waals surface area contributed by atoms with Crippen LogP contribution in [0.2, 0.25) is 0 Å². The highest BCUT2D eigenvalue weighted by atomic mass is 19.4. The van der Waals surface area contributed by atoms with Crippen molar-refractivity contribution in [1.82, 2.24) is 0 Å². The third kappa shape index (κ3) is 2.70. The molecule has 0 radical (unpaired) electrons. The van der Waals surface area contributed by atoms with Crippen molar-refractivity contribution in [2.75, 3.05) is 0 Å². The summed E-state index contributed by atoms with van der Waals surface area (Å²) < 4.78 is 50.5. The number of aliphatic hydroxyl groups excluding tert-OH is 1. The smallest absolute Gasteiger partial charge is 0.391 e. The van der Waals surface area contributed by atoms with E-state index < -0.39 is 35.3 Å². The Morgan fingerprint density at radius 1 is 1.31 bits per heavy atom. The van der Waals surface area contributed by atoms with Crippen LogP contribution in [-0.2, 0) is 6.18 Å². The van der Waals surface area contributed by atoms with Gasteiger partial charge in [-0.15, -0.1) is 0 Å². The molecule has 0 aliphatic heterocycles. The largest absolute Gasteiger partial charge is 0.416 e. The number of aliphatic hydroxyl groups is 1. The van der Waals surface area contributed by atoms with Crippen molar-refractivity contribution in [3.05, 3.63) is 35.1 Å². The molecule has 1 aromatic carbocycles. The molecular weight excluding hydrogens is 226 g/mol. The van der Waals surface area contributed by atoms with Crippen LogP contribution in [0.25, 0.3) is 0 Å². The van der Waals surface area contributed by atoms with Gasteiger partial charge in [0.1, 0.15) is 5.82 Å². The van der Waals surface area contributed by atoms with Crippen LogP contribution >= 0.6 is 0 Å². The Balaban J connectivity index is 3.29. The summed E-state index contributed by atoms with van der Waals surface area (Å²) in [5, 5.41) is 9.14. The van der Waals surface area contributed by atoms with Gasteiger partial charge >= 0.3 is 6.18 Å². The molecule has 6 heteroatoms. The Morgan fingerprint density at radius 2 is 1.88 bits per heavy atom. The Labute approximate surface area is 89.7 Å². The molecule has 2 nitrogen and oxygen atoms in total. The van der Waals surface area contributed by atoms with E-state index in [0.717, 1.165) is 0 Å². The van der Waals surface area contributed by atoms with Gasteiger partial charge in [-0.3, -0.25) is 0 Å². The number of benzene rings is 1. The van der Waals surface area contributed by atoms with Crippen LogP contribution in [0.15, 0.2) is 18.2 Å². The van der Waals surface area contributed by atoms with E-state index in [1.54, 1.807) is 0 Å². The second kappa shape index (κ2) is 4.39. The molecule has 1 rings (SSSR count). The fraction of sp³-hybridized carbons (Fsp3) is 0.400. The van der Waals surface area contributed by atoms with Crippen molar-refractivity contribution in [2.45, 2.75) is 25.2 Å². The highest BCUT2D eigenvalue weighted by Gasteiger charge is 2.35. The lowest BCUT2D eigenvalue weighted by Gasteiger charge is -2.20. The van der Waals surface area contributed by atoms with Gasteiger partial charge in [0.05, 0.1) is 17.7 Å². The molecule has 0 spiro atoms. The maximum absolute atomic E-state index is 12.9. The standard InChI is InChI=1S/C10H11F4NO/c1-5(16)9(15)7-4-6(11)2-3-8(7)10(12,13)14/h2-5,9,16H,15H2,1H3/t5-,9-/m1/s1. The summed E-state index contributed by atoms with van der Waals surface area (Å²) in [6, 6.07) is 0.751. The van der Waals surface area contributed by atoms with Crippen LogP contribution in [-0.4, -0.2) is 11.2 Å². The molecule has 2 atom stereocenters. The Morgan fingerprint density at radius 3 is 2.31 bits per heavy atom. The van der Waals surface area contributed by atoms with Gasteiger partial charge < -0.3 is 10.8 Å². The molecule has 3 N–H and O–H groups in total. The van der Waals surface area contributed by atoms with Crippen molar-refractivity contribution < 1.29 is 22.7 Å². The fourth-order valence-electron chi connectivity index (χ4n) is 1.33. The van der Waals surface area contributed by atoms with E-state index in [2.05, 4.69) is 0 Å². The molecule has 0 saturated heterocycles. The van der Waals surface area contributed by atoms with Gasteiger partial charge in [0.15, 0.2) is 0 Å². The van der Waals surface area contributed by atoms with Gasteiger partial charge in [0.2, 0.25) is 0 Å². The molecule has 0 unspecified atom stereocenters. The Bertz CT molecular complexity index is 376. The van der Waals surface area contributed by atoms with E-state index in [1.807, 2.05) is 0 Å². The third-order valence-electron chi connectivity index (χ3n) is 2.20. The van der Waals surface area contributed by atoms with E-state index in [1.165, 1.54) is 6.92 Å². The molecule has 90 valence electrons. The molecule has 1 aromatic rings. The van der Waals surface area contributed by atoms with Crippen LogP contribution < -0.4 is 5.73 Å². The van der Waals surface area contributed by atoms with Gasteiger partial charge in [-0.2, -0.15) is 13.2 Å². The first-order valence-electron chi connectivity index (χ1n) is 4.53. The summed E-state index contributed by atoms with van der Waals surface area (Å²) in [5.41, 5.74) is 3.92. The van der Waals surface area contributed by atoms with Gasteiger partial charge in [-0.1, -0.05) is 0 Å². The predicted octanol–water partition coefficient (Wildman–Crippen LogP) is 2.23. The summed E-state index contributed by atoms with van der Waals surface area (Å²) in [6.07, 6.45) is -5.81. The van der Waals surface area contributed by atoms with Crippen LogP contribution in [0.1, 0.15) is 24.1 Å². The van der Waals surface area contributed by atoms with Crippen LogP contribution in [0.5, 0.6) is 0 Å². The van der Waals surface area contributed by atoms with Crippen molar-refractivity contribution in [3.63, 3.8) is 0 Å². The molecule has 0 bridgehead atoms. The second-order valence-electron chi connectivity index (χ2n) is 3.50. The summed E-state index contributed by atoms with van der Waals surface area (Å²) >= 11 is 0. The molecule has 0 aliphatic carbocycles. The minimum atomic E-state index is -4.62. The molecule has 0 aromatic heterocycles. The van der Waals surface area contributed by atoms with Gasteiger partial charge in [-0.05, 0) is 30.7 Å². The zero-order chi connectivity index (χ0) is 12.5. The lowest BCUT2D eigenvalue weighted by Crippen LogP contribution is -2.26. The van der Waals surface area contributed by atoms with E-state index in [9.17, 15) is 17.6 Å². The third-order valence-corrected chi connectivity index (χ3v) is 2.20. The van der Waals surface area contributed by atoms with Gasteiger partial charge in [-0.25, -0.2) is 4.39 Å². The van der Waals surface area contributed by atoms with Crippen LogP contribution in [0.4, 0.5) is 17.6 Å². The number of nitrogens with two attached hydrogens (primary N) is 1. The van der Waals surface area contributed by atoms with Crippen molar-refractivity contribution in [3.8, 4) is 0 Å². The predicted molar refractivity (Wildman–Crippen MR) is 50.0 cm³/mol. The van der Waals surface area contributed by atoms with E-state index in [0.29, 0.717) is 18.2 Å². The zero-order valence-corrected chi connectivity index (χ0v) is 8.42. The normalized spacial score (nSPS) is 15.9. The lowest BCUT2D eigenvalue weighted by atomic mass is 9.97. The molecule has 0 saturated carbocycles.